The second-order valence-corrected chi connectivity index (χ2v) is 3.39. The van der Waals surface area contributed by atoms with E-state index in [1.54, 1.807) is 6.92 Å². The van der Waals surface area contributed by atoms with Gasteiger partial charge >= 0.3 is 11.9 Å². The maximum Gasteiger partial charge on any atom is 0.338 e. The Labute approximate surface area is 102 Å². The minimum absolute atomic E-state index is 0.0256. The third kappa shape index (κ3) is 3.27. The molecule has 0 bridgehead atoms. The molecule has 0 aromatic heterocycles. The lowest BCUT2D eigenvalue weighted by Crippen LogP contribution is -2.08. The van der Waals surface area contributed by atoms with Crippen LogP contribution in [-0.4, -0.2) is 28.6 Å². The van der Waals surface area contributed by atoms with Gasteiger partial charge in [0.15, 0.2) is 0 Å². The van der Waals surface area contributed by atoms with Crippen molar-refractivity contribution >= 4 is 17.6 Å². The maximum absolute atomic E-state index is 11.4. The molecule has 0 aliphatic carbocycles. The maximum atomic E-state index is 11.4. The highest BCUT2D eigenvalue weighted by atomic mass is 16.6. The predicted molar refractivity (Wildman–Crippen MR) is 60.4 cm³/mol. The summed E-state index contributed by atoms with van der Waals surface area (Å²) >= 11 is 0. The Kier molecular flexibility index (Phi) is 4.36. The molecular weight excluding hydrogens is 242 g/mol. The number of hydrogen-bond acceptors (Lipinski definition) is 5. The zero-order chi connectivity index (χ0) is 13.7. The number of aliphatic carboxylic acids is 1. The van der Waals surface area contributed by atoms with Crippen LogP contribution >= 0.6 is 0 Å². The molecule has 1 aromatic rings. The fraction of sp³-hybridized carbons (Fsp3) is 0.273. The van der Waals surface area contributed by atoms with Crippen molar-refractivity contribution in [1.82, 2.24) is 0 Å². The first-order valence-electron chi connectivity index (χ1n) is 5.12. The second-order valence-electron chi connectivity index (χ2n) is 3.39. The lowest BCUT2D eigenvalue weighted by molar-refractivity contribution is -0.385. The number of nitro benzene ring substituents is 1. The molecule has 0 saturated carbocycles. The number of benzene rings is 1. The fourth-order valence-electron chi connectivity index (χ4n) is 1.39. The van der Waals surface area contributed by atoms with E-state index in [2.05, 4.69) is 0 Å². The van der Waals surface area contributed by atoms with Crippen LogP contribution in [0.5, 0.6) is 0 Å². The van der Waals surface area contributed by atoms with Crippen LogP contribution < -0.4 is 0 Å². The van der Waals surface area contributed by atoms with Crippen LogP contribution in [0.15, 0.2) is 18.2 Å². The van der Waals surface area contributed by atoms with Crippen LogP contribution in [0.4, 0.5) is 5.69 Å². The van der Waals surface area contributed by atoms with Gasteiger partial charge < -0.3 is 9.84 Å². The molecule has 0 unspecified atom stereocenters. The van der Waals surface area contributed by atoms with Crippen LogP contribution in [0.1, 0.15) is 22.8 Å². The molecule has 0 radical (unpaired) electrons. The van der Waals surface area contributed by atoms with Gasteiger partial charge in [0.2, 0.25) is 0 Å². The number of carbonyl (C=O) groups excluding carboxylic acids is 1. The molecule has 0 aliphatic rings. The highest BCUT2D eigenvalue weighted by Crippen LogP contribution is 2.21. The van der Waals surface area contributed by atoms with E-state index in [0.29, 0.717) is 0 Å². The standard InChI is InChI=1S/C11H11NO6/c1-2-18-11(15)8-4-3-7(6-10(13)14)9(5-8)12(16)17/h3-5H,2,6H2,1H3,(H,13,14). The van der Waals surface area contributed by atoms with E-state index in [-0.39, 0.29) is 17.7 Å². The van der Waals surface area contributed by atoms with Gasteiger partial charge in [-0.1, -0.05) is 6.07 Å². The van der Waals surface area contributed by atoms with Gasteiger partial charge in [-0.25, -0.2) is 4.79 Å². The van der Waals surface area contributed by atoms with Crippen LogP contribution in [0, 0.1) is 10.1 Å². The SMILES string of the molecule is CCOC(=O)c1ccc(CC(=O)O)c([N+](=O)[O-])c1. The summed E-state index contributed by atoms with van der Waals surface area (Å²) in [7, 11) is 0. The summed E-state index contributed by atoms with van der Waals surface area (Å²) in [6, 6.07) is 3.58. The van der Waals surface area contributed by atoms with Gasteiger partial charge in [0, 0.05) is 11.6 Å². The number of nitro groups is 1. The number of nitrogens with zero attached hydrogens (tertiary/aromatic N) is 1. The monoisotopic (exact) mass is 253 g/mol. The van der Waals surface area contributed by atoms with E-state index in [4.69, 9.17) is 9.84 Å². The Morgan fingerprint density at radius 2 is 2.11 bits per heavy atom. The highest BCUT2D eigenvalue weighted by molar-refractivity contribution is 5.90. The Morgan fingerprint density at radius 3 is 2.61 bits per heavy atom. The molecule has 0 fully saturated rings. The lowest BCUT2D eigenvalue weighted by atomic mass is 10.1. The van der Waals surface area contributed by atoms with Gasteiger partial charge in [-0.3, -0.25) is 14.9 Å². The topological polar surface area (TPSA) is 107 Å². The summed E-state index contributed by atoms with van der Waals surface area (Å²) in [4.78, 5) is 32.0. The van der Waals surface area contributed by atoms with Crippen molar-refractivity contribution in [3.8, 4) is 0 Å². The summed E-state index contributed by atoms with van der Waals surface area (Å²) < 4.78 is 4.71. The van der Waals surface area contributed by atoms with Gasteiger partial charge in [-0.2, -0.15) is 0 Å². The molecular formula is C11H11NO6. The van der Waals surface area contributed by atoms with E-state index in [0.717, 1.165) is 6.07 Å². The van der Waals surface area contributed by atoms with Crippen molar-refractivity contribution in [1.29, 1.82) is 0 Å². The summed E-state index contributed by atoms with van der Waals surface area (Å²) in [5, 5.41) is 19.4. The van der Waals surface area contributed by atoms with E-state index < -0.39 is 29.0 Å². The Morgan fingerprint density at radius 1 is 1.44 bits per heavy atom. The number of carboxylic acids is 1. The molecule has 0 aliphatic heterocycles. The van der Waals surface area contributed by atoms with E-state index >= 15 is 0 Å². The molecule has 1 rings (SSSR count). The quantitative estimate of drug-likeness (QED) is 0.482. The average molecular weight is 253 g/mol. The van der Waals surface area contributed by atoms with Crippen molar-refractivity contribution in [3.63, 3.8) is 0 Å². The van der Waals surface area contributed by atoms with Crippen molar-refractivity contribution in [2.24, 2.45) is 0 Å². The summed E-state index contributed by atoms with van der Waals surface area (Å²) in [5.41, 5.74) is -0.332. The normalized spacial score (nSPS) is 9.83. The summed E-state index contributed by atoms with van der Waals surface area (Å²) in [5.74, 6) is -1.86. The first-order valence-corrected chi connectivity index (χ1v) is 5.12. The molecule has 7 heteroatoms. The first-order chi connectivity index (χ1) is 8.45. The van der Waals surface area contributed by atoms with Crippen LogP contribution in [0.2, 0.25) is 0 Å². The van der Waals surface area contributed by atoms with Gasteiger partial charge in [-0.15, -0.1) is 0 Å². The predicted octanol–water partition coefficient (Wildman–Crippen LogP) is 1.40. The molecule has 96 valence electrons. The largest absolute Gasteiger partial charge is 0.481 e. The number of hydrogen-bond donors (Lipinski definition) is 1. The number of rotatable bonds is 5. The third-order valence-electron chi connectivity index (χ3n) is 2.13. The first kappa shape index (κ1) is 13.6. The molecule has 0 amide bonds. The minimum atomic E-state index is -1.18. The Bertz CT molecular complexity index is 496. The lowest BCUT2D eigenvalue weighted by Gasteiger charge is -2.04. The van der Waals surface area contributed by atoms with Crippen molar-refractivity contribution in [3.05, 3.63) is 39.4 Å². The second kappa shape index (κ2) is 5.76. The van der Waals surface area contributed by atoms with Crippen LogP contribution in [-0.2, 0) is 16.0 Å². The number of carbonyl (C=O) groups is 2. The van der Waals surface area contributed by atoms with Gasteiger partial charge in [0.25, 0.3) is 5.69 Å². The zero-order valence-electron chi connectivity index (χ0n) is 9.58. The Hall–Kier alpha value is -2.44. The van der Waals surface area contributed by atoms with Gasteiger partial charge in [0.1, 0.15) is 0 Å². The molecule has 0 heterocycles. The van der Waals surface area contributed by atoms with E-state index in [9.17, 15) is 19.7 Å². The fourth-order valence-corrected chi connectivity index (χ4v) is 1.39. The number of esters is 1. The molecule has 1 aromatic carbocycles. The number of ether oxygens (including phenoxy) is 1. The summed E-state index contributed by atoms with van der Waals surface area (Å²) in [6.45, 7) is 1.77. The summed E-state index contributed by atoms with van der Waals surface area (Å²) in [6.07, 6.45) is -0.473. The molecule has 0 spiro atoms. The van der Waals surface area contributed by atoms with Gasteiger partial charge in [-0.05, 0) is 13.0 Å². The van der Waals surface area contributed by atoms with Crippen LogP contribution in [0.3, 0.4) is 0 Å². The number of carboxylic acid groups (broad SMARTS) is 1. The van der Waals surface area contributed by atoms with E-state index in [1.165, 1.54) is 12.1 Å². The van der Waals surface area contributed by atoms with Crippen molar-refractivity contribution < 1.29 is 24.4 Å². The third-order valence-corrected chi connectivity index (χ3v) is 2.13. The van der Waals surface area contributed by atoms with Gasteiger partial charge in [0.05, 0.1) is 23.5 Å². The minimum Gasteiger partial charge on any atom is -0.481 e. The van der Waals surface area contributed by atoms with E-state index in [1.807, 2.05) is 0 Å². The Balaban J connectivity index is 3.14. The molecule has 1 N–H and O–H groups in total. The molecule has 0 atom stereocenters. The van der Waals surface area contributed by atoms with Crippen molar-refractivity contribution in [2.75, 3.05) is 6.61 Å². The van der Waals surface area contributed by atoms with Crippen LogP contribution in [0.25, 0.3) is 0 Å². The molecule has 18 heavy (non-hydrogen) atoms. The molecule has 7 nitrogen and oxygen atoms in total. The zero-order valence-corrected chi connectivity index (χ0v) is 9.58. The highest BCUT2D eigenvalue weighted by Gasteiger charge is 2.19. The smallest absolute Gasteiger partial charge is 0.338 e. The average Bonchev–Trinajstić information content (AvgIpc) is 2.28. The van der Waals surface area contributed by atoms with Crippen molar-refractivity contribution in [2.45, 2.75) is 13.3 Å². The molecule has 0 saturated heterocycles.